The highest BCUT2D eigenvalue weighted by atomic mass is 32.2. The van der Waals surface area contributed by atoms with Crippen LogP contribution in [-0.4, -0.2) is 32.3 Å². The van der Waals surface area contributed by atoms with Crippen LogP contribution >= 0.6 is 0 Å². The largest absolute Gasteiger partial charge is 0.497 e. The molecule has 1 saturated heterocycles. The molecule has 1 fully saturated rings. The first-order valence-corrected chi connectivity index (χ1v) is 4.41. The minimum Gasteiger partial charge on any atom is -0.314 e. The second-order valence-electron chi connectivity index (χ2n) is 2.27. The van der Waals surface area contributed by atoms with E-state index in [4.69, 9.17) is 0 Å². The van der Waals surface area contributed by atoms with Gasteiger partial charge in [-0.1, -0.05) is 0 Å². The van der Waals surface area contributed by atoms with Crippen molar-refractivity contribution in [1.82, 2.24) is 5.32 Å². The predicted octanol–water partition coefficient (Wildman–Crippen LogP) is -0.107. The lowest BCUT2D eigenvalue weighted by Crippen LogP contribution is -2.54. The van der Waals surface area contributed by atoms with Crippen molar-refractivity contribution in [3.63, 3.8) is 0 Å². The molecule has 0 amide bonds. The van der Waals surface area contributed by atoms with Crippen LogP contribution in [-0.2, 0) is 9.84 Å². The SMILES string of the molecule is O=S(=O)(C1CNC1)C(F)(F)F. The molecule has 0 radical (unpaired) electrons. The van der Waals surface area contributed by atoms with Gasteiger partial charge < -0.3 is 5.32 Å². The van der Waals surface area contributed by atoms with E-state index in [9.17, 15) is 21.6 Å². The van der Waals surface area contributed by atoms with Crippen LogP contribution in [0.4, 0.5) is 13.2 Å². The highest BCUT2D eigenvalue weighted by Crippen LogP contribution is 2.28. The molecule has 1 heterocycles. The van der Waals surface area contributed by atoms with Gasteiger partial charge in [-0.25, -0.2) is 8.42 Å². The first kappa shape index (κ1) is 8.79. The molecule has 1 rings (SSSR count). The standard InChI is InChI=1S/C4H6F3NO2S/c5-4(6,7)11(9,10)3-1-8-2-3/h3,8H,1-2H2. The van der Waals surface area contributed by atoms with E-state index in [1.54, 1.807) is 0 Å². The highest BCUT2D eigenvalue weighted by molar-refractivity contribution is 7.93. The Hall–Kier alpha value is -0.300. The Balaban J connectivity index is 2.82. The average molecular weight is 189 g/mol. The summed E-state index contributed by atoms with van der Waals surface area (Å²) < 4.78 is 56.0. The molecule has 0 aromatic rings. The topological polar surface area (TPSA) is 46.2 Å². The third-order valence-electron chi connectivity index (χ3n) is 1.51. The number of nitrogens with one attached hydrogen (secondary N) is 1. The molecule has 3 nitrogen and oxygen atoms in total. The summed E-state index contributed by atoms with van der Waals surface area (Å²) in [6, 6.07) is 0. The van der Waals surface area contributed by atoms with Gasteiger partial charge in [0, 0.05) is 13.1 Å². The third-order valence-corrected chi connectivity index (χ3v) is 3.36. The number of rotatable bonds is 1. The molecule has 11 heavy (non-hydrogen) atoms. The van der Waals surface area contributed by atoms with E-state index in [1.807, 2.05) is 0 Å². The lowest BCUT2D eigenvalue weighted by molar-refractivity contribution is -0.0449. The van der Waals surface area contributed by atoms with E-state index >= 15 is 0 Å². The van der Waals surface area contributed by atoms with E-state index in [1.165, 1.54) is 0 Å². The average Bonchev–Trinajstić information content (AvgIpc) is 1.53. The Labute approximate surface area is 61.5 Å². The van der Waals surface area contributed by atoms with E-state index in [-0.39, 0.29) is 13.1 Å². The highest BCUT2D eigenvalue weighted by Gasteiger charge is 2.52. The second kappa shape index (κ2) is 2.34. The first-order chi connectivity index (χ1) is 4.86. The van der Waals surface area contributed by atoms with Crippen LogP contribution in [0, 0.1) is 0 Å². The van der Waals surface area contributed by atoms with Gasteiger partial charge in [0.2, 0.25) is 0 Å². The van der Waals surface area contributed by atoms with Gasteiger partial charge in [-0.15, -0.1) is 0 Å². The van der Waals surface area contributed by atoms with Gasteiger partial charge in [0.1, 0.15) is 0 Å². The molecule has 1 N–H and O–H groups in total. The fourth-order valence-electron chi connectivity index (χ4n) is 0.671. The molecule has 0 spiro atoms. The van der Waals surface area contributed by atoms with Crippen molar-refractivity contribution in [3.05, 3.63) is 0 Å². The van der Waals surface area contributed by atoms with Crippen molar-refractivity contribution in [1.29, 1.82) is 0 Å². The first-order valence-electron chi connectivity index (χ1n) is 2.86. The van der Waals surface area contributed by atoms with Crippen LogP contribution in [0.1, 0.15) is 0 Å². The zero-order chi connectivity index (χ0) is 8.70. The number of halogens is 3. The van der Waals surface area contributed by atoms with Crippen molar-refractivity contribution in [3.8, 4) is 0 Å². The molecule has 7 heteroatoms. The molecule has 0 aliphatic carbocycles. The van der Waals surface area contributed by atoms with Gasteiger partial charge in [0.05, 0.1) is 5.25 Å². The van der Waals surface area contributed by atoms with Crippen LogP contribution in [0.15, 0.2) is 0 Å². The van der Waals surface area contributed by atoms with E-state index in [0.717, 1.165) is 0 Å². The smallest absolute Gasteiger partial charge is 0.314 e. The van der Waals surface area contributed by atoms with Crippen molar-refractivity contribution >= 4 is 9.84 Å². The maximum absolute atomic E-state index is 11.7. The summed E-state index contributed by atoms with van der Waals surface area (Å²) in [5.41, 5.74) is -5.10. The molecule has 66 valence electrons. The number of hydrogen-bond donors (Lipinski definition) is 1. The number of alkyl halides is 3. The predicted molar refractivity (Wildman–Crippen MR) is 31.6 cm³/mol. The molecule has 1 aliphatic rings. The normalized spacial score (nSPS) is 21.4. The molecule has 0 aromatic heterocycles. The van der Waals surface area contributed by atoms with Crippen molar-refractivity contribution in [2.45, 2.75) is 10.8 Å². The Morgan fingerprint density at radius 2 is 1.73 bits per heavy atom. The zero-order valence-electron chi connectivity index (χ0n) is 5.35. The minimum atomic E-state index is -5.10. The van der Waals surface area contributed by atoms with Crippen LogP contribution in [0.2, 0.25) is 0 Å². The zero-order valence-corrected chi connectivity index (χ0v) is 6.17. The Morgan fingerprint density at radius 1 is 1.27 bits per heavy atom. The molecule has 0 saturated carbocycles. The van der Waals surface area contributed by atoms with Gasteiger partial charge in [0.25, 0.3) is 9.84 Å². The van der Waals surface area contributed by atoms with Crippen molar-refractivity contribution < 1.29 is 21.6 Å². The fraction of sp³-hybridized carbons (Fsp3) is 1.00. The quantitative estimate of drug-likeness (QED) is 0.626. The molecular weight excluding hydrogens is 183 g/mol. The second-order valence-corrected chi connectivity index (χ2v) is 4.49. The minimum absolute atomic E-state index is 0.0954. The van der Waals surface area contributed by atoms with E-state index in [2.05, 4.69) is 5.32 Å². The summed E-state index contributed by atoms with van der Waals surface area (Å²) in [4.78, 5) is 0. The summed E-state index contributed by atoms with van der Waals surface area (Å²) in [5.74, 6) is 0. The van der Waals surface area contributed by atoms with Gasteiger partial charge in [-0.05, 0) is 0 Å². The maximum Gasteiger partial charge on any atom is 0.497 e. The fourth-order valence-corrected chi connectivity index (χ4v) is 1.72. The van der Waals surface area contributed by atoms with Gasteiger partial charge >= 0.3 is 5.51 Å². The monoisotopic (exact) mass is 189 g/mol. The molecular formula is C4H6F3NO2S. The summed E-state index contributed by atoms with van der Waals surface area (Å²) in [6.45, 7) is -0.191. The van der Waals surface area contributed by atoms with Crippen molar-refractivity contribution in [2.75, 3.05) is 13.1 Å². The summed E-state index contributed by atoms with van der Waals surface area (Å²) in [6.07, 6.45) is 0. The Kier molecular flexibility index (Phi) is 1.87. The van der Waals surface area contributed by atoms with Crippen LogP contribution in [0.25, 0.3) is 0 Å². The van der Waals surface area contributed by atoms with Crippen molar-refractivity contribution in [2.24, 2.45) is 0 Å². The van der Waals surface area contributed by atoms with Crippen LogP contribution < -0.4 is 5.32 Å². The summed E-state index contributed by atoms with van der Waals surface area (Å²) in [7, 11) is -4.90. The van der Waals surface area contributed by atoms with E-state index in [0.29, 0.717) is 0 Å². The Morgan fingerprint density at radius 3 is 1.82 bits per heavy atom. The van der Waals surface area contributed by atoms with E-state index < -0.39 is 20.6 Å². The van der Waals surface area contributed by atoms with Gasteiger partial charge in [-0.3, -0.25) is 0 Å². The number of sulfone groups is 1. The van der Waals surface area contributed by atoms with Gasteiger partial charge in [-0.2, -0.15) is 13.2 Å². The number of hydrogen-bond acceptors (Lipinski definition) is 3. The molecule has 0 bridgehead atoms. The Bertz CT molecular complexity index is 241. The lowest BCUT2D eigenvalue weighted by Gasteiger charge is -2.27. The maximum atomic E-state index is 11.7. The third kappa shape index (κ3) is 1.34. The molecule has 0 unspecified atom stereocenters. The summed E-state index contributed by atoms with van der Waals surface area (Å²) in [5, 5.41) is 1.18. The molecule has 1 aliphatic heterocycles. The summed E-state index contributed by atoms with van der Waals surface area (Å²) >= 11 is 0. The van der Waals surface area contributed by atoms with Crippen LogP contribution in [0.3, 0.4) is 0 Å². The van der Waals surface area contributed by atoms with Crippen LogP contribution in [0.5, 0.6) is 0 Å². The van der Waals surface area contributed by atoms with Gasteiger partial charge in [0.15, 0.2) is 0 Å². The lowest BCUT2D eigenvalue weighted by atomic mass is 10.3. The molecule has 0 aromatic carbocycles. The molecule has 0 atom stereocenters.